The van der Waals surface area contributed by atoms with Gasteiger partial charge in [-0.15, -0.1) is 0 Å². The Balaban J connectivity index is 1.93. The zero-order valence-corrected chi connectivity index (χ0v) is 15.3. The Morgan fingerprint density at radius 3 is 2.42 bits per heavy atom. The van der Waals surface area contributed by atoms with Gasteiger partial charge in [0.1, 0.15) is 0 Å². The van der Waals surface area contributed by atoms with E-state index in [2.05, 4.69) is 19.2 Å². The highest BCUT2D eigenvalue weighted by molar-refractivity contribution is 5.89. The maximum Gasteiger partial charge on any atom is 0.416 e. The highest BCUT2D eigenvalue weighted by Gasteiger charge is 2.35. The first-order valence-corrected chi connectivity index (χ1v) is 9.12. The lowest BCUT2D eigenvalue weighted by molar-refractivity contribution is -0.137. The molecule has 0 saturated carbocycles. The Kier molecular flexibility index (Phi) is 6.55. The Morgan fingerprint density at radius 2 is 1.88 bits per heavy atom. The second kappa shape index (κ2) is 8.29. The van der Waals surface area contributed by atoms with Gasteiger partial charge in [-0.3, -0.25) is 0 Å². The summed E-state index contributed by atoms with van der Waals surface area (Å²) >= 11 is 0. The maximum atomic E-state index is 12.8. The number of amides is 2. The lowest BCUT2D eigenvalue weighted by atomic mass is 9.81. The predicted octanol–water partition coefficient (Wildman–Crippen LogP) is 4.89. The summed E-state index contributed by atoms with van der Waals surface area (Å²) in [4.78, 5) is 13.9. The summed E-state index contributed by atoms with van der Waals surface area (Å²) in [5, 5.41) is 13.3. The summed E-state index contributed by atoms with van der Waals surface area (Å²) in [5.74, 6) is 0.463. The Labute approximate surface area is 152 Å². The SMILES string of the molecule is CCC(CC)CC1(O)CCN(C(=O)Nc2cccc(C(F)(F)F)c2)CC1. The molecule has 26 heavy (non-hydrogen) atoms. The standard InChI is InChI=1S/C19H27F3N2O2/c1-3-14(4-2)13-18(26)8-10-24(11-9-18)17(25)23-16-7-5-6-15(12-16)19(20,21)22/h5-7,12,14,26H,3-4,8-11,13H2,1-2H3,(H,23,25). The first-order valence-electron chi connectivity index (χ1n) is 9.12. The number of carbonyl (C=O) groups excluding carboxylic acids is 1. The van der Waals surface area contributed by atoms with Crippen LogP contribution in [0.4, 0.5) is 23.7 Å². The molecule has 1 aliphatic heterocycles. The van der Waals surface area contributed by atoms with Gasteiger partial charge >= 0.3 is 12.2 Å². The van der Waals surface area contributed by atoms with Gasteiger partial charge in [0.2, 0.25) is 0 Å². The molecule has 2 rings (SSSR count). The van der Waals surface area contributed by atoms with Gasteiger partial charge in [-0.2, -0.15) is 13.2 Å². The minimum Gasteiger partial charge on any atom is -0.390 e. The first kappa shape index (κ1) is 20.6. The van der Waals surface area contributed by atoms with E-state index < -0.39 is 23.4 Å². The number of likely N-dealkylation sites (tertiary alicyclic amines) is 1. The van der Waals surface area contributed by atoms with Crippen molar-refractivity contribution in [3.05, 3.63) is 29.8 Å². The van der Waals surface area contributed by atoms with E-state index in [0.29, 0.717) is 31.8 Å². The van der Waals surface area contributed by atoms with Crippen molar-refractivity contribution in [1.29, 1.82) is 0 Å². The lowest BCUT2D eigenvalue weighted by Crippen LogP contribution is -2.48. The lowest BCUT2D eigenvalue weighted by Gasteiger charge is -2.39. The van der Waals surface area contributed by atoms with Crippen LogP contribution in [0, 0.1) is 5.92 Å². The number of hydrogen-bond donors (Lipinski definition) is 2. The van der Waals surface area contributed by atoms with Crippen LogP contribution in [-0.4, -0.2) is 34.7 Å². The van der Waals surface area contributed by atoms with Crippen LogP contribution in [0.1, 0.15) is 51.5 Å². The van der Waals surface area contributed by atoms with Crippen molar-refractivity contribution in [2.24, 2.45) is 5.92 Å². The van der Waals surface area contributed by atoms with Crippen LogP contribution >= 0.6 is 0 Å². The molecule has 0 radical (unpaired) electrons. The molecule has 0 aliphatic carbocycles. The third-order valence-corrected chi connectivity index (χ3v) is 5.25. The van der Waals surface area contributed by atoms with Gasteiger partial charge < -0.3 is 15.3 Å². The van der Waals surface area contributed by atoms with Gasteiger partial charge in [-0.25, -0.2) is 4.79 Å². The van der Waals surface area contributed by atoms with Crippen molar-refractivity contribution in [3.63, 3.8) is 0 Å². The smallest absolute Gasteiger partial charge is 0.390 e. The van der Waals surface area contributed by atoms with E-state index in [1.807, 2.05) is 0 Å². The fraction of sp³-hybridized carbons (Fsp3) is 0.632. The van der Waals surface area contributed by atoms with Crippen LogP contribution < -0.4 is 5.32 Å². The Morgan fingerprint density at radius 1 is 1.27 bits per heavy atom. The number of nitrogens with zero attached hydrogens (tertiary/aromatic N) is 1. The van der Waals surface area contributed by atoms with Gasteiger partial charge in [0.15, 0.2) is 0 Å². The van der Waals surface area contributed by atoms with Crippen LogP contribution in [-0.2, 0) is 6.18 Å². The fourth-order valence-electron chi connectivity index (χ4n) is 3.42. The van der Waals surface area contributed by atoms with E-state index in [0.717, 1.165) is 31.4 Å². The summed E-state index contributed by atoms with van der Waals surface area (Å²) in [6, 6.07) is 4.15. The second-order valence-corrected chi connectivity index (χ2v) is 7.11. The largest absolute Gasteiger partial charge is 0.416 e. The van der Waals surface area contributed by atoms with E-state index in [-0.39, 0.29) is 5.69 Å². The zero-order chi connectivity index (χ0) is 19.4. The van der Waals surface area contributed by atoms with Gasteiger partial charge in [-0.05, 0) is 43.4 Å². The van der Waals surface area contributed by atoms with Crippen molar-refractivity contribution in [2.75, 3.05) is 18.4 Å². The third kappa shape index (κ3) is 5.37. The van der Waals surface area contributed by atoms with Gasteiger partial charge in [0.05, 0.1) is 11.2 Å². The zero-order valence-electron chi connectivity index (χ0n) is 15.3. The van der Waals surface area contributed by atoms with E-state index in [4.69, 9.17) is 0 Å². The molecule has 0 bridgehead atoms. The van der Waals surface area contributed by atoms with E-state index in [1.165, 1.54) is 12.1 Å². The predicted molar refractivity (Wildman–Crippen MR) is 94.9 cm³/mol. The molecule has 146 valence electrons. The molecule has 1 saturated heterocycles. The average Bonchev–Trinajstić information content (AvgIpc) is 2.59. The Bertz CT molecular complexity index is 607. The van der Waals surface area contributed by atoms with E-state index >= 15 is 0 Å². The maximum absolute atomic E-state index is 12.8. The monoisotopic (exact) mass is 372 g/mol. The number of hydrogen-bond acceptors (Lipinski definition) is 2. The molecule has 1 heterocycles. The number of halogens is 3. The molecule has 7 heteroatoms. The molecule has 4 nitrogen and oxygen atoms in total. The van der Waals surface area contributed by atoms with Crippen LogP contribution in [0.25, 0.3) is 0 Å². The van der Waals surface area contributed by atoms with E-state index in [1.54, 1.807) is 4.90 Å². The number of alkyl halides is 3. The number of aliphatic hydroxyl groups is 1. The van der Waals surface area contributed by atoms with Crippen molar-refractivity contribution in [2.45, 2.75) is 57.7 Å². The molecule has 1 fully saturated rings. The molecule has 1 aromatic rings. The number of rotatable bonds is 5. The molecule has 0 unspecified atom stereocenters. The summed E-state index contributed by atoms with van der Waals surface area (Å²) in [6.45, 7) is 4.99. The average molecular weight is 372 g/mol. The molecule has 1 aliphatic rings. The van der Waals surface area contributed by atoms with Gasteiger partial charge in [-0.1, -0.05) is 32.8 Å². The second-order valence-electron chi connectivity index (χ2n) is 7.11. The number of anilines is 1. The first-order chi connectivity index (χ1) is 12.2. The molecule has 0 spiro atoms. The van der Waals surface area contributed by atoms with Crippen molar-refractivity contribution >= 4 is 11.7 Å². The number of nitrogens with one attached hydrogen (secondary N) is 1. The third-order valence-electron chi connectivity index (χ3n) is 5.25. The number of benzene rings is 1. The summed E-state index contributed by atoms with van der Waals surface area (Å²) < 4.78 is 38.3. The van der Waals surface area contributed by atoms with Crippen LogP contribution in [0.15, 0.2) is 24.3 Å². The minimum atomic E-state index is -4.45. The van der Waals surface area contributed by atoms with Crippen molar-refractivity contribution in [3.8, 4) is 0 Å². The minimum absolute atomic E-state index is 0.114. The fourth-order valence-corrected chi connectivity index (χ4v) is 3.42. The van der Waals surface area contributed by atoms with Crippen molar-refractivity contribution < 1.29 is 23.1 Å². The molecule has 1 aromatic carbocycles. The normalized spacial score (nSPS) is 17.4. The summed E-state index contributed by atoms with van der Waals surface area (Å²) in [5.41, 5.74) is -1.44. The molecule has 2 N–H and O–H groups in total. The molecular formula is C19H27F3N2O2. The topological polar surface area (TPSA) is 52.6 Å². The summed E-state index contributed by atoms with van der Waals surface area (Å²) in [7, 11) is 0. The molecule has 0 atom stereocenters. The molecule has 0 aromatic heterocycles. The Hall–Kier alpha value is -1.76. The van der Waals surface area contributed by atoms with Crippen LogP contribution in [0.3, 0.4) is 0 Å². The highest BCUT2D eigenvalue weighted by atomic mass is 19.4. The van der Waals surface area contributed by atoms with Crippen LogP contribution in [0.5, 0.6) is 0 Å². The molecular weight excluding hydrogens is 345 g/mol. The summed E-state index contributed by atoms with van der Waals surface area (Å²) in [6.07, 6.45) is -0.726. The molecule has 2 amide bonds. The van der Waals surface area contributed by atoms with Gasteiger partial charge in [0.25, 0.3) is 0 Å². The highest BCUT2D eigenvalue weighted by Crippen LogP contribution is 2.32. The quantitative estimate of drug-likeness (QED) is 0.773. The van der Waals surface area contributed by atoms with E-state index in [9.17, 15) is 23.1 Å². The van der Waals surface area contributed by atoms with Crippen molar-refractivity contribution in [1.82, 2.24) is 4.90 Å². The number of carbonyl (C=O) groups is 1. The number of piperidine rings is 1. The number of urea groups is 1. The van der Waals surface area contributed by atoms with Crippen LogP contribution in [0.2, 0.25) is 0 Å². The van der Waals surface area contributed by atoms with Gasteiger partial charge in [0, 0.05) is 18.8 Å².